The second kappa shape index (κ2) is 11.5. The lowest BCUT2D eigenvalue weighted by atomic mass is 10.1. The predicted octanol–water partition coefficient (Wildman–Crippen LogP) is 5.74. The monoisotopic (exact) mass is 442 g/mol. The van der Waals surface area contributed by atoms with Crippen molar-refractivity contribution < 1.29 is 9.59 Å². The molecule has 0 aromatic heterocycles. The molecule has 3 aromatic carbocycles. The van der Waals surface area contributed by atoms with E-state index in [1.807, 2.05) is 66.4 Å². The molecule has 0 unspecified atom stereocenters. The van der Waals surface area contributed by atoms with E-state index in [2.05, 4.69) is 44.3 Å². The Hall–Kier alpha value is -3.40. The molecular weight excluding hydrogens is 408 g/mol. The van der Waals surface area contributed by atoms with Crippen LogP contribution in [0.15, 0.2) is 72.8 Å². The minimum atomic E-state index is -0.0168. The molecule has 0 fully saturated rings. The molecule has 33 heavy (non-hydrogen) atoms. The molecule has 2 amide bonds. The lowest BCUT2D eigenvalue weighted by molar-refractivity contribution is -0.121. The summed E-state index contributed by atoms with van der Waals surface area (Å²) in [5.74, 6) is 0.377. The Labute approximate surface area is 197 Å². The van der Waals surface area contributed by atoms with E-state index < -0.39 is 0 Å². The second-order valence-corrected chi connectivity index (χ2v) is 9.11. The van der Waals surface area contributed by atoms with Gasteiger partial charge in [-0.05, 0) is 54.2 Å². The molecule has 0 bridgehead atoms. The van der Waals surface area contributed by atoms with Crippen molar-refractivity contribution in [3.8, 4) is 0 Å². The van der Waals surface area contributed by atoms with E-state index in [1.165, 1.54) is 11.1 Å². The third-order valence-corrected chi connectivity index (χ3v) is 5.66. The van der Waals surface area contributed by atoms with Crippen molar-refractivity contribution in [2.24, 2.45) is 5.92 Å². The van der Waals surface area contributed by atoms with Crippen LogP contribution in [-0.4, -0.2) is 11.8 Å². The standard InChI is InChI=1S/C29H34N2O2/c1-21(2)16-29(33)31(20-26-11-6-5-9-23(26)4)27-14-12-24(13-15-27)18-28(32)30-19-25-10-7-8-22(3)17-25/h5-15,17,21H,16,18-20H2,1-4H3,(H,30,32). The van der Waals surface area contributed by atoms with Crippen LogP contribution in [0.1, 0.15) is 48.1 Å². The number of amides is 2. The summed E-state index contributed by atoms with van der Waals surface area (Å²) in [4.78, 5) is 27.3. The highest BCUT2D eigenvalue weighted by molar-refractivity contribution is 5.93. The highest BCUT2D eigenvalue weighted by atomic mass is 16.2. The number of benzene rings is 3. The Balaban J connectivity index is 1.68. The summed E-state index contributed by atoms with van der Waals surface area (Å²) in [5, 5.41) is 2.99. The Morgan fingerprint density at radius 3 is 2.27 bits per heavy atom. The smallest absolute Gasteiger partial charge is 0.227 e. The van der Waals surface area contributed by atoms with Crippen molar-refractivity contribution in [2.45, 2.75) is 53.6 Å². The molecule has 0 spiro atoms. The van der Waals surface area contributed by atoms with Gasteiger partial charge in [0, 0.05) is 18.7 Å². The van der Waals surface area contributed by atoms with Crippen LogP contribution in [0.4, 0.5) is 5.69 Å². The van der Waals surface area contributed by atoms with Gasteiger partial charge in [0.15, 0.2) is 0 Å². The van der Waals surface area contributed by atoms with Gasteiger partial charge in [-0.1, -0.05) is 80.1 Å². The Kier molecular flexibility index (Phi) is 8.42. The molecule has 4 nitrogen and oxygen atoms in total. The fourth-order valence-corrected chi connectivity index (χ4v) is 3.81. The molecule has 0 radical (unpaired) electrons. The fourth-order valence-electron chi connectivity index (χ4n) is 3.81. The van der Waals surface area contributed by atoms with Gasteiger partial charge in [0.1, 0.15) is 0 Å². The first-order chi connectivity index (χ1) is 15.8. The maximum absolute atomic E-state index is 13.0. The molecule has 172 valence electrons. The lowest BCUT2D eigenvalue weighted by Crippen LogP contribution is -2.31. The van der Waals surface area contributed by atoms with Crippen molar-refractivity contribution in [3.63, 3.8) is 0 Å². The third-order valence-electron chi connectivity index (χ3n) is 5.66. The molecule has 4 heteroatoms. The van der Waals surface area contributed by atoms with Crippen molar-refractivity contribution in [1.29, 1.82) is 0 Å². The molecule has 0 aliphatic rings. The van der Waals surface area contributed by atoms with Gasteiger partial charge in [0.2, 0.25) is 11.8 Å². The number of rotatable bonds is 9. The van der Waals surface area contributed by atoms with Crippen LogP contribution in [0.5, 0.6) is 0 Å². The summed E-state index contributed by atoms with van der Waals surface area (Å²) < 4.78 is 0. The van der Waals surface area contributed by atoms with Crippen LogP contribution in [0.3, 0.4) is 0 Å². The largest absolute Gasteiger partial charge is 0.352 e. The lowest BCUT2D eigenvalue weighted by Gasteiger charge is -2.25. The predicted molar refractivity (Wildman–Crippen MR) is 135 cm³/mol. The summed E-state index contributed by atoms with van der Waals surface area (Å²) in [6.07, 6.45) is 0.804. The number of nitrogens with zero attached hydrogens (tertiary/aromatic N) is 1. The van der Waals surface area contributed by atoms with Crippen molar-refractivity contribution in [1.82, 2.24) is 5.32 Å². The third kappa shape index (κ3) is 7.31. The average molecular weight is 443 g/mol. The zero-order valence-electron chi connectivity index (χ0n) is 20.1. The van der Waals surface area contributed by atoms with E-state index in [9.17, 15) is 9.59 Å². The maximum Gasteiger partial charge on any atom is 0.227 e. The number of nitrogens with one attached hydrogen (secondary N) is 1. The minimum absolute atomic E-state index is 0.0168. The first-order valence-electron chi connectivity index (χ1n) is 11.6. The Morgan fingerprint density at radius 2 is 1.61 bits per heavy atom. The van der Waals surface area contributed by atoms with Crippen molar-refractivity contribution >= 4 is 17.5 Å². The normalized spacial score (nSPS) is 10.8. The topological polar surface area (TPSA) is 49.4 Å². The highest BCUT2D eigenvalue weighted by Gasteiger charge is 2.18. The van der Waals surface area contributed by atoms with Gasteiger partial charge in [-0.25, -0.2) is 0 Å². The summed E-state index contributed by atoms with van der Waals surface area (Å²) in [6.45, 7) is 9.28. The van der Waals surface area contributed by atoms with Crippen LogP contribution >= 0.6 is 0 Å². The van der Waals surface area contributed by atoms with Crippen LogP contribution in [0.25, 0.3) is 0 Å². The highest BCUT2D eigenvalue weighted by Crippen LogP contribution is 2.22. The molecule has 0 aliphatic heterocycles. The molecular formula is C29H34N2O2. The molecule has 0 saturated carbocycles. The molecule has 0 aliphatic carbocycles. The molecule has 3 rings (SSSR count). The van der Waals surface area contributed by atoms with E-state index in [4.69, 9.17) is 0 Å². The quantitative estimate of drug-likeness (QED) is 0.459. The van der Waals surface area contributed by atoms with E-state index in [1.54, 1.807) is 0 Å². The Morgan fingerprint density at radius 1 is 0.879 bits per heavy atom. The van der Waals surface area contributed by atoms with E-state index in [0.29, 0.717) is 25.9 Å². The SMILES string of the molecule is Cc1cccc(CNC(=O)Cc2ccc(N(Cc3ccccc3C)C(=O)CC(C)C)cc2)c1. The minimum Gasteiger partial charge on any atom is -0.352 e. The van der Waals surface area contributed by atoms with Crippen LogP contribution < -0.4 is 10.2 Å². The van der Waals surface area contributed by atoms with Crippen molar-refractivity contribution in [2.75, 3.05) is 4.90 Å². The molecule has 0 heterocycles. The molecule has 3 aromatic rings. The van der Waals surface area contributed by atoms with Gasteiger partial charge in [0.25, 0.3) is 0 Å². The molecule has 0 saturated heterocycles. The number of hydrogen-bond acceptors (Lipinski definition) is 2. The van der Waals surface area contributed by atoms with E-state index >= 15 is 0 Å². The van der Waals surface area contributed by atoms with Crippen LogP contribution in [-0.2, 0) is 29.1 Å². The zero-order valence-corrected chi connectivity index (χ0v) is 20.1. The maximum atomic E-state index is 13.0. The van der Waals surface area contributed by atoms with Crippen LogP contribution in [0.2, 0.25) is 0 Å². The van der Waals surface area contributed by atoms with Gasteiger partial charge >= 0.3 is 0 Å². The number of carbonyl (C=O) groups is 2. The molecule has 1 N–H and O–H groups in total. The summed E-state index contributed by atoms with van der Waals surface area (Å²) in [5.41, 5.74) is 6.35. The molecule has 0 atom stereocenters. The summed E-state index contributed by atoms with van der Waals surface area (Å²) >= 11 is 0. The van der Waals surface area contributed by atoms with E-state index in [0.717, 1.165) is 22.4 Å². The Bertz CT molecular complexity index is 1090. The van der Waals surface area contributed by atoms with Gasteiger partial charge in [-0.2, -0.15) is 0 Å². The second-order valence-electron chi connectivity index (χ2n) is 9.11. The van der Waals surface area contributed by atoms with Gasteiger partial charge in [-0.15, -0.1) is 0 Å². The summed E-state index contributed by atoms with van der Waals surface area (Å²) in [6, 6.07) is 24.1. The van der Waals surface area contributed by atoms with Gasteiger partial charge < -0.3 is 10.2 Å². The fraction of sp³-hybridized carbons (Fsp3) is 0.310. The number of anilines is 1. The van der Waals surface area contributed by atoms with Gasteiger partial charge in [-0.3, -0.25) is 9.59 Å². The summed E-state index contributed by atoms with van der Waals surface area (Å²) in [7, 11) is 0. The zero-order chi connectivity index (χ0) is 23.8. The van der Waals surface area contributed by atoms with Crippen LogP contribution in [0, 0.1) is 19.8 Å². The number of carbonyl (C=O) groups excluding carboxylic acids is 2. The first-order valence-corrected chi connectivity index (χ1v) is 11.6. The van der Waals surface area contributed by atoms with E-state index in [-0.39, 0.29) is 17.7 Å². The van der Waals surface area contributed by atoms with Gasteiger partial charge in [0.05, 0.1) is 13.0 Å². The first kappa shape index (κ1) is 24.2. The van der Waals surface area contributed by atoms with Crippen molar-refractivity contribution in [3.05, 3.63) is 101 Å². The number of hydrogen-bond donors (Lipinski definition) is 1. The average Bonchev–Trinajstić information content (AvgIpc) is 2.77. The number of aryl methyl sites for hydroxylation is 2.